The highest BCUT2D eigenvalue weighted by Gasteiger charge is 2.31. The van der Waals surface area contributed by atoms with Crippen LogP contribution in [0.4, 0.5) is 5.69 Å². The van der Waals surface area contributed by atoms with E-state index < -0.39 is 0 Å². The molecule has 3 amide bonds. The summed E-state index contributed by atoms with van der Waals surface area (Å²) in [7, 11) is 3.35. The third-order valence-electron chi connectivity index (χ3n) is 6.07. The molecular weight excluding hydrogens is 398 g/mol. The van der Waals surface area contributed by atoms with Gasteiger partial charge in [0.15, 0.2) is 0 Å². The van der Waals surface area contributed by atoms with Gasteiger partial charge < -0.3 is 24.6 Å². The minimum Gasteiger partial charge on any atom is -0.491 e. The zero-order valence-corrected chi connectivity index (χ0v) is 19.0. The van der Waals surface area contributed by atoms with Crippen LogP contribution in [0.1, 0.15) is 44.0 Å². The second-order valence-electron chi connectivity index (χ2n) is 8.74. The lowest BCUT2D eigenvalue weighted by molar-refractivity contribution is -0.133. The van der Waals surface area contributed by atoms with Crippen LogP contribution in [-0.2, 0) is 14.3 Å². The summed E-state index contributed by atoms with van der Waals surface area (Å²) in [6.07, 6.45) is 1.60. The molecule has 1 saturated carbocycles. The van der Waals surface area contributed by atoms with Crippen LogP contribution < -0.4 is 10.1 Å². The number of ether oxygens (including phenoxy) is 2. The quantitative estimate of drug-likeness (QED) is 0.794. The molecule has 1 N–H and O–H groups in total. The van der Waals surface area contributed by atoms with E-state index in [1.807, 2.05) is 13.8 Å². The molecule has 3 rings (SSSR count). The van der Waals surface area contributed by atoms with Crippen LogP contribution >= 0.6 is 0 Å². The molecule has 0 spiro atoms. The number of likely N-dealkylation sites (N-methyl/N-ethyl adjacent to an activating group) is 1. The molecular formula is C23H33N3O5. The Morgan fingerprint density at radius 3 is 2.52 bits per heavy atom. The van der Waals surface area contributed by atoms with Gasteiger partial charge in [0, 0.05) is 57.8 Å². The largest absolute Gasteiger partial charge is 0.491 e. The standard InChI is InChI=1S/C23H33N3O5/c1-14-11-26(16(3)27)15(2)13-31-20-10-18(24-22(28)17-6-7-17)8-9-19(20)23(29)25(4)12-21(14)30-5/h8-10,14-15,17,21H,6-7,11-13H2,1-5H3,(H,24,28)/t14-,15+,21+/m1/s1. The highest BCUT2D eigenvalue weighted by molar-refractivity contribution is 5.99. The Hall–Kier alpha value is -2.61. The fraction of sp³-hybridized carbons (Fsp3) is 0.609. The van der Waals surface area contributed by atoms with Crippen LogP contribution in [0.5, 0.6) is 5.75 Å². The van der Waals surface area contributed by atoms with Crippen molar-refractivity contribution in [3.05, 3.63) is 23.8 Å². The Morgan fingerprint density at radius 2 is 1.90 bits per heavy atom. The van der Waals surface area contributed by atoms with E-state index in [2.05, 4.69) is 5.32 Å². The van der Waals surface area contributed by atoms with Gasteiger partial charge in [-0.15, -0.1) is 0 Å². The first-order chi connectivity index (χ1) is 14.7. The number of rotatable bonds is 3. The minimum absolute atomic E-state index is 0.00963. The maximum absolute atomic E-state index is 13.2. The van der Waals surface area contributed by atoms with E-state index >= 15 is 0 Å². The molecule has 0 aromatic heterocycles. The summed E-state index contributed by atoms with van der Waals surface area (Å²) in [6.45, 7) is 6.61. The van der Waals surface area contributed by atoms with Gasteiger partial charge in [-0.1, -0.05) is 6.92 Å². The molecule has 1 aromatic carbocycles. The summed E-state index contributed by atoms with van der Waals surface area (Å²) >= 11 is 0. The first kappa shape index (κ1) is 23.1. The number of nitrogens with zero attached hydrogens (tertiary/aromatic N) is 2. The number of benzene rings is 1. The predicted molar refractivity (Wildman–Crippen MR) is 117 cm³/mol. The monoisotopic (exact) mass is 431 g/mol. The minimum atomic E-state index is -0.219. The molecule has 170 valence electrons. The van der Waals surface area contributed by atoms with Gasteiger partial charge in [-0.05, 0) is 31.9 Å². The van der Waals surface area contributed by atoms with Gasteiger partial charge >= 0.3 is 0 Å². The second kappa shape index (κ2) is 9.68. The second-order valence-corrected chi connectivity index (χ2v) is 8.74. The van der Waals surface area contributed by atoms with Gasteiger partial charge in [0.1, 0.15) is 12.4 Å². The van der Waals surface area contributed by atoms with Gasteiger partial charge in [-0.25, -0.2) is 0 Å². The molecule has 1 heterocycles. The number of hydrogen-bond donors (Lipinski definition) is 1. The third kappa shape index (κ3) is 5.55. The van der Waals surface area contributed by atoms with Crippen LogP contribution in [0.25, 0.3) is 0 Å². The topological polar surface area (TPSA) is 88.2 Å². The average molecular weight is 432 g/mol. The molecule has 2 aliphatic rings. The molecule has 0 radical (unpaired) electrons. The summed E-state index contributed by atoms with van der Waals surface area (Å²) in [6, 6.07) is 4.90. The van der Waals surface area contributed by atoms with Crippen molar-refractivity contribution in [1.29, 1.82) is 0 Å². The van der Waals surface area contributed by atoms with Crippen molar-refractivity contribution in [2.45, 2.75) is 45.8 Å². The van der Waals surface area contributed by atoms with E-state index in [1.165, 1.54) is 0 Å². The zero-order chi connectivity index (χ0) is 22.7. The number of fused-ring (bicyclic) bond motifs is 1. The van der Waals surface area contributed by atoms with Gasteiger partial charge in [0.05, 0.1) is 17.7 Å². The van der Waals surface area contributed by atoms with Crippen molar-refractivity contribution in [3.8, 4) is 5.75 Å². The number of hydrogen-bond acceptors (Lipinski definition) is 5. The number of nitrogens with one attached hydrogen (secondary N) is 1. The fourth-order valence-corrected chi connectivity index (χ4v) is 3.88. The number of anilines is 1. The van der Waals surface area contributed by atoms with Gasteiger partial charge in [-0.3, -0.25) is 14.4 Å². The Labute approximate surface area is 183 Å². The van der Waals surface area contributed by atoms with E-state index in [1.54, 1.807) is 49.1 Å². The first-order valence-electron chi connectivity index (χ1n) is 10.8. The van der Waals surface area contributed by atoms with Crippen molar-refractivity contribution >= 4 is 23.4 Å². The summed E-state index contributed by atoms with van der Waals surface area (Å²) in [5.41, 5.74) is 1.01. The van der Waals surface area contributed by atoms with E-state index in [0.29, 0.717) is 30.1 Å². The summed E-state index contributed by atoms with van der Waals surface area (Å²) in [5, 5.41) is 2.90. The highest BCUT2D eigenvalue weighted by atomic mass is 16.5. The molecule has 1 fully saturated rings. The smallest absolute Gasteiger partial charge is 0.257 e. The van der Waals surface area contributed by atoms with Crippen LogP contribution in [0.2, 0.25) is 0 Å². The van der Waals surface area contributed by atoms with E-state index in [9.17, 15) is 14.4 Å². The average Bonchev–Trinajstić information content (AvgIpc) is 3.58. The van der Waals surface area contributed by atoms with Crippen molar-refractivity contribution < 1.29 is 23.9 Å². The van der Waals surface area contributed by atoms with E-state index in [4.69, 9.17) is 9.47 Å². The lowest BCUT2D eigenvalue weighted by atomic mass is 10.0. The molecule has 8 nitrogen and oxygen atoms in total. The Balaban J connectivity index is 1.92. The Kier molecular flexibility index (Phi) is 7.20. The molecule has 8 heteroatoms. The number of amides is 3. The van der Waals surface area contributed by atoms with Gasteiger partial charge in [0.2, 0.25) is 11.8 Å². The van der Waals surface area contributed by atoms with Crippen LogP contribution in [0, 0.1) is 11.8 Å². The molecule has 0 unspecified atom stereocenters. The van der Waals surface area contributed by atoms with Crippen molar-refractivity contribution in [2.24, 2.45) is 11.8 Å². The lowest BCUT2D eigenvalue weighted by Gasteiger charge is -2.35. The molecule has 1 aliphatic heterocycles. The van der Waals surface area contributed by atoms with Crippen LogP contribution in [0.3, 0.4) is 0 Å². The predicted octanol–water partition coefficient (Wildman–Crippen LogP) is 2.39. The highest BCUT2D eigenvalue weighted by Crippen LogP contribution is 2.32. The van der Waals surface area contributed by atoms with Crippen LogP contribution in [0.15, 0.2) is 18.2 Å². The third-order valence-corrected chi connectivity index (χ3v) is 6.07. The number of methoxy groups -OCH3 is 1. The number of carbonyl (C=O) groups is 3. The van der Waals surface area contributed by atoms with Gasteiger partial charge in [-0.2, -0.15) is 0 Å². The molecule has 0 bridgehead atoms. The molecule has 31 heavy (non-hydrogen) atoms. The lowest BCUT2D eigenvalue weighted by Crippen LogP contribution is -2.48. The maximum atomic E-state index is 13.2. The van der Waals surface area contributed by atoms with E-state index in [-0.39, 0.29) is 48.3 Å². The zero-order valence-electron chi connectivity index (χ0n) is 19.0. The molecule has 3 atom stereocenters. The Bertz CT molecular complexity index is 839. The van der Waals surface area contributed by atoms with E-state index in [0.717, 1.165) is 12.8 Å². The summed E-state index contributed by atoms with van der Waals surface area (Å²) < 4.78 is 11.7. The molecule has 0 saturated heterocycles. The SMILES string of the molecule is CO[C@H]1CN(C)C(=O)c2ccc(NC(=O)C3CC3)cc2OC[C@H](C)N(C(C)=O)C[C@H]1C. The van der Waals surface area contributed by atoms with Crippen molar-refractivity contribution in [1.82, 2.24) is 9.80 Å². The summed E-state index contributed by atoms with van der Waals surface area (Å²) in [5.74, 6) is 0.274. The van der Waals surface area contributed by atoms with Crippen LogP contribution in [-0.4, -0.2) is 73.5 Å². The maximum Gasteiger partial charge on any atom is 0.257 e. The van der Waals surface area contributed by atoms with Crippen molar-refractivity contribution in [3.63, 3.8) is 0 Å². The summed E-state index contributed by atoms with van der Waals surface area (Å²) in [4.78, 5) is 41.0. The first-order valence-corrected chi connectivity index (χ1v) is 10.8. The molecule has 1 aromatic rings. The van der Waals surface area contributed by atoms with Gasteiger partial charge in [0.25, 0.3) is 5.91 Å². The normalized spacial score (nSPS) is 25.1. The number of carbonyl (C=O) groups excluding carboxylic acids is 3. The fourth-order valence-electron chi connectivity index (χ4n) is 3.88. The Morgan fingerprint density at radius 1 is 1.19 bits per heavy atom. The molecule has 1 aliphatic carbocycles. The van der Waals surface area contributed by atoms with Crippen molar-refractivity contribution in [2.75, 3.05) is 39.2 Å².